The van der Waals surface area contributed by atoms with Crippen LogP contribution in [0.25, 0.3) is 0 Å². The summed E-state index contributed by atoms with van der Waals surface area (Å²) in [5.74, 6) is -0.0340. The maximum Gasteiger partial charge on any atom is 0.239 e. The van der Waals surface area contributed by atoms with Crippen molar-refractivity contribution < 1.29 is 9.90 Å². The molecular formula is C10H20N2O2. The zero-order valence-corrected chi connectivity index (χ0v) is 8.99. The molecule has 0 saturated carbocycles. The fourth-order valence-electron chi connectivity index (χ4n) is 1.85. The van der Waals surface area contributed by atoms with Crippen molar-refractivity contribution in [3.05, 3.63) is 0 Å². The average molecular weight is 200 g/mol. The Bertz CT molecular complexity index is 212. The SMILES string of the molecule is CCCC1(O)CN(C(=O)[C@H](N)CC)C1. The Morgan fingerprint density at radius 2 is 2.14 bits per heavy atom. The van der Waals surface area contributed by atoms with E-state index >= 15 is 0 Å². The van der Waals surface area contributed by atoms with E-state index in [4.69, 9.17) is 5.73 Å². The van der Waals surface area contributed by atoms with Crippen molar-refractivity contribution in [2.75, 3.05) is 13.1 Å². The molecule has 1 atom stereocenters. The predicted octanol–water partition coefficient (Wildman–Crippen LogP) is 0.0971. The van der Waals surface area contributed by atoms with Gasteiger partial charge in [-0.25, -0.2) is 0 Å². The summed E-state index contributed by atoms with van der Waals surface area (Å²) >= 11 is 0. The van der Waals surface area contributed by atoms with Crippen LogP contribution in [0, 0.1) is 0 Å². The topological polar surface area (TPSA) is 66.6 Å². The molecule has 1 rings (SSSR count). The maximum atomic E-state index is 11.5. The van der Waals surface area contributed by atoms with Gasteiger partial charge in [0.15, 0.2) is 0 Å². The number of rotatable bonds is 4. The molecule has 0 radical (unpaired) electrons. The molecule has 0 aromatic heterocycles. The number of likely N-dealkylation sites (tertiary alicyclic amines) is 1. The number of amides is 1. The van der Waals surface area contributed by atoms with Crippen LogP contribution in [0.15, 0.2) is 0 Å². The van der Waals surface area contributed by atoms with Gasteiger partial charge in [-0.05, 0) is 12.8 Å². The molecule has 1 heterocycles. The van der Waals surface area contributed by atoms with E-state index in [9.17, 15) is 9.90 Å². The normalized spacial score (nSPS) is 21.6. The Morgan fingerprint density at radius 1 is 1.57 bits per heavy atom. The molecule has 82 valence electrons. The second-order valence-corrected chi connectivity index (χ2v) is 4.18. The van der Waals surface area contributed by atoms with Crippen LogP contribution in [0.1, 0.15) is 33.1 Å². The van der Waals surface area contributed by atoms with Gasteiger partial charge in [-0.1, -0.05) is 20.3 Å². The largest absolute Gasteiger partial charge is 0.386 e. The van der Waals surface area contributed by atoms with Gasteiger partial charge in [0.1, 0.15) is 0 Å². The highest BCUT2D eigenvalue weighted by atomic mass is 16.3. The molecule has 4 heteroatoms. The van der Waals surface area contributed by atoms with Gasteiger partial charge in [-0.3, -0.25) is 4.79 Å². The smallest absolute Gasteiger partial charge is 0.239 e. The first-order valence-electron chi connectivity index (χ1n) is 5.29. The van der Waals surface area contributed by atoms with Crippen LogP contribution < -0.4 is 5.73 Å². The molecule has 14 heavy (non-hydrogen) atoms. The number of hydrogen-bond donors (Lipinski definition) is 2. The summed E-state index contributed by atoms with van der Waals surface area (Å²) in [6.07, 6.45) is 2.36. The van der Waals surface area contributed by atoms with Gasteiger partial charge < -0.3 is 15.7 Å². The average Bonchev–Trinajstić information content (AvgIpc) is 2.12. The van der Waals surface area contributed by atoms with Crippen molar-refractivity contribution in [3.8, 4) is 0 Å². The molecule has 0 spiro atoms. The molecule has 0 bridgehead atoms. The second-order valence-electron chi connectivity index (χ2n) is 4.18. The number of hydrogen-bond acceptors (Lipinski definition) is 3. The van der Waals surface area contributed by atoms with Gasteiger partial charge in [0, 0.05) is 0 Å². The van der Waals surface area contributed by atoms with E-state index in [1.54, 1.807) is 4.90 Å². The molecule has 1 aliphatic heterocycles. The van der Waals surface area contributed by atoms with Crippen molar-refractivity contribution in [1.29, 1.82) is 0 Å². The summed E-state index contributed by atoms with van der Waals surface area (Å²) in [6, 6.07) is -0.402. The molecule has 0 aromatic rings. The monoisotopic (exact) mass is 200 g/mol. The Hall–Kier alpha value is -0.610. The van der Waals surface area contributed by atoms with E-state index in [1.165, 1.54) is 0 Å². The summed E-state index contributed by atoms with van der Waals surface area (Å²) in [7, 11) is 0. The Kier molecular flexibility index (Phi) is 3.50. The molecule has 0 aromatic carbocycles. The Labute approximate surface area is 85.1 Å². The maximum absolute atomic E-state index is 11.5. The highest BCUT2D eigenvalue weighted by molar-refractivity contribution is 5.82. The van der Waals surface area contributed by atoms with E-state index in [-0.39, 0.29) is 5.91 Å². The highest BCUT2D eigenvalue weighted by Gasteiger charge is 2.43. The fraction of sp³-hybridized carbons (Fsp3) is 0.900. The quantitative estimate of drug-likeness (QED) is 0.676. The predicted molar refractivity (Wildman–Crippen MR) is 54.7 cm³/mol. The summed E-state index contributed by atoms with van der Waals surface area (Å²) in [4.78, 5) is 13.2. The summed E-state index contributed by atoms with van der Waals surface area (Å²) in [5, 5.41) is 9.85. The molecule has 1 saturated heterocycles. The lowest BCUT2D eigenvalue weighted by atomic mass is 9.88. The molecule has 1 fully saturated rings. The van der Waals surface area contributed by atoms with Crippen molar-refractivity contribution in [1.82, 2.24) is 4.90 Å². The first-order chi connectivity index (χ1) is 6.52. The first kappa shape index (κ1) is 11.5. The zero-order valence-electron chi connectivity index (χ0n) is 8.99. The molecular weight excluding hydrogens is 180 g/mol. The third kappa shape index (κ3) is 2.25. The summed E-state index contributed by atoms with van der Waals surface area (Å²) in [5.41, 5.74) is 4.98. The molecule has 3 N–H and O–H groups in total. The molecule has 0 unspecified atom stereocenters. The van der Waals surface area contributed by atoms with Crippen molar-refractivity contribution >= 4 is 5.91 Å². The van der Waals surface area contributed by atoms with E-state index in [0.29, 0.717) is 19.5 Å². The third-order valence-corrected chi connectivity index (χ3v) is 2.75. The molecule has 4 nitrogen and oxygen atoms in total. The lowest BCUT2D eigenvalue weighted by Gasteiger charge is -2.47. The lowest BCUT2D eigenvalue weighted by Crippen LogP contribution is -2.65. The van der Waals surface area contributed by atoms with Gasteiger partial charge in [0.05, 0.1) is 24.7 Å². The second kappa shape index (κ2) is 4.28. The van der Waals surface area contributed by atoms with Crippen molar-refractivity contribution in [2.24, 2.45) is 5.73 Å². The Morgan fingerprint density at radius 3 is 2.57 bits per heavy atom. The fourth-order valence-corrected chi connectivity index (χ4v) is 1.85. The van der Waals surface area contributed by atoms with E-state index < -0.39 is 11.6 Å². The van der Waals surface area contributed by atoms with Crippen molar-refractivity contribution in [3.63, 3.8) is 0 Å². The molecule has 1 aliphatic rings. The van der Waals surface area contributed by atoms with Crippen LogP contribution in [-0.2, 0) is 4.79 Å². The van der Waals surface area contributed by atoms with Gasteiger partial charge in [0.25, 0.3) is 0 Å². The number of β-amino-alcohol motifs (C(OH)–C–C–N with tert-alkyl or cyclic N) is 1. The standard InChI is InChI=1S/C10H20N2O2/c1-3-5-10(14)6-12(7-10)9(13)8(11)4-2/h8,14H,3-7,11H2,1-2H3/t8-/m1/s1. The summed E-state index contributed by atoms with van der Waals surface area (Å²) in [6.45, 7) is 4.82. The first-order valence-corrected chi connectivity index (χ1v) is 5.29. The molecule has 0 aliphatic carbocycles. The third-order valence-electron chi connectivity index (χ3n) is 2.75. The van der Waals surface area contributed by atoms with Crippen LogP contribution in [0.5, 0.6) is 0 Å². The Balaban J connectivity index is 2.37. The van der Waals surface area contributed by atoms with Gasteiger partial charge in [0.2, 0.25) is 5.91 Å². The van der Waals surface area contributed by atoms with E-state index in [0.717, 1.165) is 12.8 Å². The van der Waals surface area contributed by atoms with E-state index in [1.807, 2.05) is 13.8 Å². The van der Waals surface area contributed by atoms with Crippen LogP contribution in [-0.4, -0.2) is 40.6 Å². The molecule has 1 amide bonds. The van der Waals surface area contributed by atoms with Crippen LogP contribution in [0.4, 0.5) is 0 Å². The van der Waals surface area contributed by atoms with Gasteiger partial charge in [-0.15, -0.1) is 0 Å². The number of nitrogens with two attached hydrogens (primary N) is 1. The van der Waals surface area contributed by atoms with Crippen molar-refractivity contribution in [2.45, 2.75) is 44.8 Å². The van der Waals surface area contributed by atoms with Gasteiger partial charge >= 0.3 is 0 Å². The van der Waals surface area contributed by atoms with Crippen LogP contribution in [0.3, 0.4) is 0 Å². The van der Waals surface area contributed by atoms with Gasteiger partial charge in [-0.2, -0.15) is 0 Å². The number of aliphatic hydroxyl groups is 1. The number of carbonyl (C=O) groups excluding carboxylic acids is 1. The minimum absolute atomic E-state index is 0.0340. The summed E-state index contributed by atoms with van der Waals surface area (Å²) < 4.78 is 0. The number of nitrogens with zero attached hydrogens (tertiary/aromatic N) is 1. The highest BCUT2D eigenvalue weighted by Crippen LogP contribution is 2.26. The number of carbonyl (C=O) groups is 1. The zero-order chi connectivity index (χ0) is 10.8. The van der Waals surface area contributed by atoms with Crippen LogP contribution in [0.2, 0.25) is 0 Å². The van der Waals surface area contributed by atoms with Crippen LogP contribution >= 0.6 is 0 Å². The van der Waals surface area contributed by atoms with E-state index in [2.05, 4.69) is 0 Å². The minimum Gasteiger partial charge on any atom is -0.386 e. The minimum atomic E-state index is -0.641. The lowest BCUT2D eigenvalue weighted by molar-refractivity contribution is -0.157.